The lowest BCUT2D eigenvalue weighted by Gasteiger charge is -1.95. The standard InChI is InChI=1S/C6H9N3O2/c1-4(10)11-3-5-2-8-6(7)9-5/h2H,3H2,1H3,(H3,7,8,9). The summed E-state index contributed by atoms with van der Waals surface area (Å²) >= 11 is 0. The minimum absolute atomic E-state index is 0.170. The number of nitrogen functional groups attached to an aromatic ring is 1. The summed E-state index contributed by atoms with van der Waals surface area (Å²) in [7, 11) is 0. The van der Waals surface area contributed by atoms with Gasteiger partial charge in [-0.25, -0.2) is 4.98 Å². The first kappa shape index (κ1) is 7.59. The van der Waals surface area contributed by atoms with E-state index in [1.807, 2.05) is 0 Å². The molecule has 0 aromatic carbocycles. The molecule has 3 N–H and O–H groups in total. The number of carbonyl (C=O) groups excluding carboxylic acids is 1. The van der Waals surface area contributed by atoms with E-state index in [1.165, 1.54) is 6.92 Å². The van der Waals surface area contributed by atoms with E-state index >= 15 is 0 Å². The van der Waals surface area contributed by atoms with Crippen LogP contribution in [0.3, 0.4) is 0 Å². The minimum Gasteiger partial charge on any atom is -0.459 e. The predicted octanol–water partition coefficient (Wildman–Crippen LogP) is 0.0550. The third kappa shape index (κ3) is 2.29. The van der Waals surface area contributed by atoms with Crippen LogP contribution in [-0.2, 0) is 16.1 Å². The Balaban J connectivity index is 2.45. The van der Waals surface area contributed by atoms with Crippen LogP contribution in [0.15, 0.2) is 6.20 Å². The minimum atomic E-state index is -0.327. The quantitative estimate of drug-likeness (QED) is 0.591. The Hall–Kier alpha value is -1.52. The van der Waals surface area contributed by atoms with Gasteiger partial charge in [0.1, 0.15) is 6.61 Å². The molecule has 0 unspecified atom stereocenters. The van der Waals surface area contributed by atoms with Gasteiger partial charge < -0.3 is 15.5 Å². The SMILES string of the molecule is CC(=O)OCc1c[nH]c(N)n1. The molecule has 0 aliphatic carbocycles. The zero-order valence-corrected chi connectivity index (χ0v) is 6.13. The van der Waals surface area contributed by atoms with Crippen LogP contribution in [0.2, 0.25) is 0 Å². The van der Waals surface area contributed by atoms with Crippen molar-refractivity contribution in [2.45, 2.75) is 13.5 Å². The van der Waals surface area contributed by atoms with Crippen molar-refractivity contribution >= 4 is 11.9 Å². The summed E-state index contributed by atoms with van der Waals surface area (Å²) in [5.41, 5.74) is 5.90. The molecule has 5 nitrogen and oxygen atoms in total. The van der Waals surface area contributed by atoms with Gasteiger partial charge in [-0.2, -0.15) is 0 Å². The molecule has 0 aliphatic rings. The number of nitrogens with one attached hydrogen (secondary N) is 1. The number of imidazole rings is 1. The van der Waals surface area contributed by atoms with Crippen molar-refractivity contribution < 1.29 is 9.53 Å². The van der Waals surface area contributed by atoms with Gasteiger partial charge in [-0.3, -0.25) is 4.79 Å². The van der Waals surface area contributed by atoms with Gasteiger partial charge >= 0.3 is 5.97 Å². The van der Waals surface area contributed by atoms with Crippen LogP contribution in [0.5, 0.6) is 0 Å². The second-order valence-corrected chi connectivity index (χ2v) is 2.06. The zero-order chi connectivity index (χ0) is 8.27. The Morgan fingerprint density at radius 2 is 2.64 bits per heavy atom. The molecule has 0 amide bonds. The molecular formula is C6H9N3O2. The number of H-pyrrole nitrogens is 1. The van der Waals surface area contributed by atoms with Crippen LogP contribution in [-0.4, -0.2) is 15.9 Å². The van der Waals surface area contributed by atoms with Crippen molar-refractivity contribution in [1.82, 2.24) is 9.97 Å². The molecule has 0 fully saturated rings. The first-order valence-electron chi connectivity index (χ1n) is 3.11. The first-order chi connectivity index (χ1) is 5.18. The van der Waals surface area contributed by atoms with E-state index in [4.69, 9.17) is 5.73 Å². The lowest BCUT2D eigenvalue weighted by Crippen LogP contribution is -1.98. The highest BCUT2D eigenvalue weighted by Crippen LogP contribution is 1.99. The molecule has 5 heteroatoms. The van der Waals surface area contributed by atoms with Crippen LogP contribution in [0.1, 0.15) is 12.6 Å². The molecular weight excluding hydrogens is 146 g/mol. The van der Waals surface area contributed by atoms with Gasteiger partial charge in [0.2, 0.25) is 0 Å². The van der Waals surface area contributed by atoms with Crippen molar-refractivity contribution in [3.8, 4) is 0 Å². The highest BCUT2D eigenvalue weighted by Gasteiger charge is 1.99. The van der Waals surface area contributed by atoms with Crippen molar-refractivity contribution in [2.75, 3.05) is 5.73 Å². The molecule has 0 aliphatic heterocycles. The second-order valence-electron chi connectivity index (χ2n) is 2.06. The summed E-state index contributed by atoms with van der Waals surface area (Å²) in [5, 5.41) is 0. The van der Waals surface area contributed by atoms with Crippen molar-refractivity contribution in [3.63, 3.8) is 0 Å². The van der Waals surface area contributed by atoms with E-state index in [2.05, 4.69) is 14.7 Å². The maximum atomic E-state index is 10.3. The second kappa shape index (κ2) is 3.05. The Bertz CT molecular complexity index is 256. The molecule has 1 rings (SSSR count). The maximum Gasteiger partial charge on any atom is 0.303 e. The number of carbonyl (C=O) groups is 1. The van der Waals surface area contributed by atoms with Gasteiger partial charge in [-0.1, -0.05) is 0 Å². The number of hydrogen-bond acceptors (Lipinski definition) is 4. The van der Waals surface area contributed by atoms with Crippen molar-refractivity contribution in [3.05, 3.63) is 11.9 Å². The number of ether oxygens (including phenoxy) is 1. The highest BCUT2D eigenvalue weighted by atomic mass is 16.5. The molecule has 1 aromatic heterocycles. The van der Waals surface area contributed by atoms with E-state index in [0.29, 0.717) is 11.6 Å². The number of esters is 1. The van der Waals surface area contributed by atoms with Crippen molar-refractivity contribution in [2.24, 2.45) is 0 Å². The lowest BCUT2D eigenvalue weighted by molar-refractivity contribution is -0.142. The Morgan fingerprint density at radius 1 is 1.91 bits per heavy atom. The number of hydrogen-bond donors (Lipinski definition) is 2. The topological polar surface area (TPSA) is 81.0 Å². The normalized spacial score (nSPS) is 9.55. The van der Waals surface area contributed by atoms with Crippen LogP contribution < -0.4 is 5.73 Å². The van der Waals surface area contributed by atoms with Gasteiger partial charge in [-0.05, 0) is 0 Å². The van der Waals surface area contributed by atoms with Crippen molar-refractivity contribution in [1.29, 1.82) is 0 Å². The predicted molar refractivity (Wildman–Crippen MR) is 38.5 cm³/mol. The highest BCUT2D eigenvalue weighted by molar-refractivity contribution is 5.65. The molecule has 0 radical (unpaired) electrons. The molecule has 0 saturated carbocycles. The fraction of sp³-hybridized carbons (Fsp3) is 0.333. The van der Waals surface area contributed by atoms with E-state index in [1.54, 1.807) is 6.20 Å². The van der Waals surface area contributed by atoms with Gasteiger partial charge in [0.15, 0.2) is 5.95 Å². The third-order valence-electron chi connectivity index (χ3n) is 1.07. The lowest BCUT2D eigenvalue weighted by atomic mass is 10.5. The third-order valence-corrected chi connectivity index (χ3v) is 1.07. The average Bonchev–Trinajstić information content (AvgIpc) is 2.31. The number of nitrogens with zero attached hydrogens (tertiary/aromatic N) is 1. The molecule has 1 heterocycles. The number of aromatic amines is 1. The van der Waals surface area contributed by atoms with E-state index in [9.17, 15) is 4.79 Å². The van der Waals surface area contributed by atoms with E-state index < -0.39 is 0 Å². The summed E-state index contributed by atoms with van der Waals surface area (Å²) in [5.74, 6) is -0.00118. The summed E-state index contributed by atoms with van der Waals surface area (Å²) in [4.78, 5) is 16.8. The molecule has 0 bridgehead atoms. The smallest absolute Gasteiger partial charge is 0.303 e. The number of rotatable bonds is 2. The molecule has 1 aromatic rings. The van der Waals surface area contributed by atoms with Crippen LogP contribution in [0.25, 0.3) is 0 Å². The van der Waals surface area contributed by atoms with Gasteiger partial charge in [0.05, 0.1) is 5.69 Å². The Morgan fingerprint density at radius 3 is 3.09 bits per heavy atom. The first-order valence-corrected chi connectivity index (χ1v) is 3.11. The largest absolute Gasteiger partial charge is 0.459 e. The zero-order valence-electron chi connectivity index (χ0n) is 6.13. The van der Waals surface area contributed by atoms with Gasteiger partial charge in [0.25, 0.3) is 0 Å². The van der Waals surface area contributed by atoms with Crippen LogP contribution in [0, 0.1) is 0 Å². The molecule has 60 valence electrons. The van der Waals surface area contributed by atoms with Gasteiger partial charge in [-0.15, -0.1) is 0 Å². The Kier molecular flexibility index (Phi) is 2.10. The summed E-state index contributed by atoms with van der Waals surface area (Å²) in [6, 6.07) is 0. The number of anilines is 1. The molecule has 0 saturated heterocycles. The monoisotopic (exact) mass is 155 g/mol. The molecule has 0 atom stereocenters. The van der Waals surface area contributed by atoms with Crippen LogP contribution in [0.4, 0.5) is 5.95 Å². The average molecular weight is 155 g/mol. The number of aromatic nitrogens is 2. The van der Waals surface area contributed by atoms with Gasteiger partial charge in [0, 0.05) is 13.1 Å². The fourth-order valence-corrected chi connectivity index (χ4v) is 0.626. The van der Waals surface area contributed by atoms with E-state index in [-0.39, 0.29) is 12.6 Å². The number of nitrogens with two attached hydrogens (primary N) is 1. The van der Waals surface area contributed by atoms with E-state index in [0.717, 1.165) is 0 Å². The fourth-order valence-electron chi connectivity index (χ4n) is 0.626. The summed E-state index contributed by atoms with van der Waals surface area (Å²) in [6.45, 7) is 1.51. The molecule has 11 heavy (non-hydrogen) atoms. The summed E-state index contributed by atoms with van der Waals surface area (Å²) < 4.78 is 4.66. The molecule has 0 spiro atoms. The Labute approximate surface area is 63.6 Å². The maximum absolute atomic E-state index is 10.3. The summed E-state index contributed by atoms with van der Waals surface area (Å²) in [6.07, 6.45) is 1.60. The van der Waals surface area contributed by atoms with Crippen LogP contribution >= 0.6 is 0 Å².